The highest BCUT2D eigenvalue weighted by Gasteiger charge is 2.37. The normalized spacial score (nSPS) is 12.9. The molecule has 0 saturated carbocycles. The second-order valence-electron chi connectivity index (χ2n) is 3.12. The van der Waals surface area contributed by atoms with Crippen LogP contribution in [0.25, 0.3) is 0 Å². The highest BCUT2D eigenvalue weighted by molar-refractivity contribution is 5.37. The highest BCUT2D eigenvalue weighted by atomic mass is 19.4. The smallest absolute Gasteiger partial charge is 0.416 e. The van der Waals surface area contributed by atoms with E-state index >= 15 is 0 Å². The van der Waals surface area contributed by atoms with Crippen LogP contribution in [0, 0.1) is 0 Å². The fourth-order valence-corrected chi connectivity index (χ4v) is 1.10. The zero-order chi connectivity index (χ0) is 14.1. The summed E-state index contributed by atoms with van der Waals surface area (Å²) in [4.78, 5) is 0. The molecule has 0 saturated heterocycles. The Balaban J connectivity index is 3.29. The van der Waals surface area contributed by atoms with E-state index in [1.54, 1.807) is 0 Å². The molecule has 0 bridgehead atoms. The van der Waals surface area contributed by atoms with E-state index in [1.165, 1.54) is 0 Å². The van der Waals surface area contributed by atoms with Crippen molar-refractivity contribution in [2.24, 2.45) is 0 Å². The maximum absolute atomic E-state index is 12.3. The van der Waals surface area contributed by atoms with Crippen LogP contribution in [-0.4, -0.2) is 6.61 Å². The molecular weight excluding hydrogens is 276 g/mol. The third kappa shape index (κ3) is 3.74. The molecule has 0 aliphatic rings. The number of halogens is 8. The summed E-state index contributed by atoms with van der Waals surface area (Å²) in [6.07, 6.45) is -10.2. The number of rotatable bonds is 2. The van der Waals surface area contributed by atoms with Crippen LogP contribution in [0.2, 0.25) is 0 Å². The van der Waals surface area contributed by atoms with Crippen molar-refractivity contribution in [1.82, 2.24) is 0 Å². The van der Waals surface area contributed by atoms with Gasteiger partial charge in [-0.2, -0.15) is 35.1 Å². The van der Waals surface area contributed by atoms with E-state index in [-0.39, 0.29) is 18.2 Å². The summed E-state index contributed by atoms with van der Waals surface area (Å²) in [6, 6.07) is -0.0405. The minimum absolute atomic E-state index is 0.0708. The molecule has 0 unspecified atom stereocenters. The maximum Gasteiger partial charge on any atom is 0.416 e. The van der Waals surface area contributed by atoms with Crippen molar-refractivity contribution in [2.45, 2.75) is 19.0 Å². The lowest BCUT2D eigenvalue weighted by molar-refractivity contribution is -0.143. The summed E-state index contributed by atoms with van der Waals surface area (Å²) >= 11 is 0. The highest BCUT2D eigenvalue weighted by Crippen LogP contribution is 2.38. The fraction of sp³-hybridized carbons (Fsp3) is 0.333. The van der Waals surface area contributed by atoms with Gasteiger partial charge in [-0.3, -0.25) is 0 Å². The molecule has 0 aliphatic carbocycles. The van der Waals surface area contributed by atoms with Gasteiger partial charge < -0.3 is 4.74 Å². The zero-order valence-electron chi connectivity index (χ0n) is 8.24. The average Bonchev–Trinajstić information content (AvgIpc) is 2.13. The summed E-state index contributed by atoms with van der Waals surface area (Å²) in [6.45, 7) is -3.52. The van der Waals surface area contributed by atoms with Gasteiger partial charge in [0.25, 0.3) is 0 Å². The minimum Gasteiger partial charge on any atom is -0.435 e. The van der Waals surface area contributed by atoms with Crippen LogP contribution >= 0.6 is 0 Å². The molecule has 1 nitrogen and oxygen atoms in total. The van der Waals surface area contributed by atoms with E-state index in [0.29, 0.717) is 0 Å². The predicted molar refractivity (Wildman–Crippen MR) is 43.1 cm³/mol. The molecule has 102 valence electrons. The molecule has 0 spiro atoms. The Morgan fingerprint density at radius 3 is 1.44 bits per heavy atom. The van der Waals surface area contributed by atoms with E-state index in [0.717, 1.165) is 0 Å². The summed E-state index contributed by atoms with van der Waals surface area (Å²) in [5.74, 6) is -1.20. The number of hydrogen-bond acceptors (Lipinski definition) is 1. The van der Waals surface area contributed by atoms with Crippen LogP contribution < -0.4 is 4.74 Å². The quantitative estimate of drug-likeness (QED) is 0.733. The number of benzene rings is 1. The second-order valence-corrected chi connectivity index (χ2v) is 3.12. The molecule has 18 heavy (non-hydrogen) atoms. The number of alkyl halides is 8. The van der Waals surface area contributed by atoms with Gasteiger partial charge >= 0.3 is 19.0 Å². The van der Waals surface area contributed by atoms with E-state index in [9.17, 15) is 35.1 Å². The van der Waals surface area contributed by atoms with Gasteiger partial charge in [0, 0.05) is 0 Å². The lowest BCUT2D eigenvalue weighted by Gasteiger charge is -2.14. The average molecular weight is 280 g/mol. The Morgan fingerprint density at radius 1 is 0.778 bits per heavy atom. The second kappa shape index (κ2) is 4.62. The molecule has 1 rings (SSSR count). The van der Waals surface area contributed by atoms with Crippen molar-refractivity contribution < 1.29 is 39.9 Å². The lowest BCUT2D eigenvalue weighted by atomic mass is 10.1. The monoisotopic (exact) mass is 280 g/mol. The molecule has 1 aromatic rings. The Morgan fingerprint density at radius 2 is 1.17 bits per heavy atom. The molecule has 0 heterocycles. The van der Waals surface area contributed by atoms with Gasteiger partial charge in [0.2, 0.25) is 0 Å². The van der Waals surface area contributed by atoms with Gasteiger partial charge in [-0.1, -0.05) is 0 Å². The van der Waals surface area contributed by atoms with Crippen molar-refractivity contribution >= 4 is 0 Å². The molecular formula is C9H4F8O. The topological polar surface area (TPSA) is 9.23 Å². The van der Waals surface area contributed by atoms with E-state index in [1.807, 2.05) is 0 Å². The third-order valence-electron chi connectivity index (χ3n) is 1.79. The Bertz CT molecular complexity index is 387. The van der Waals surface area contributed by atoms with Gasteiger partial charge in [0.05, 0.1) is 11.1 Å². The van der Waals surface area contributed by atoms with Crippen LogP contribution in [-0.2, 0) is 12.4 Å². The minimum atomic E-state index is -5.10. The van der Waals surface area contributed by atoms with Crippen LogP contribution in [0.5, 0.6) is 5.75 Å². The van der Waals surface area contributed by atoms with Crippen LogP contribution in [0.1, 0.15) is 11.1 Å². The van der Waals surface area contributed by atoms with E-state index in [2.05, 4.69) is 4.74 Å². The van der Waals surface area contributed by atoms with E-state index in [4.69, 9.17) is 0 Å². The summed E-state index contributed by atoms with van der Waals surface area (Å²) in [5.41, 5.74) is -3.43. The van der Waals surface area contributed by atoms with E-state index < -0.39 is 35.8 Å². The fourth-order valence-electron chi connectivity index (χ4n) is 1.10. The molecule has 0 amide bonds. The SMILES string of the molecule is FC(F)Oc1cc(C(F)(F)F)cc(C(F)(F)F)c1. The van der Waals surface area contributed by atoms with Crippen molar-refractivity contribution in [3.05, 3.63) is 29.3 Å². The summed E-state index contributed by atoms with van der Waals surface area (Å²) in [7, 11) is 0. The third-order valence-corrected chi connectivity index (χ3v) is 1.79. The Hall–Kier alpha value is -1.54. The van der Waals surface area contributed by atoms with Crippen molar-refractivity contribution in [3.63, 3.8) is 0 Å². The Labute approximate surface area is 95.0 Å². The number of ether oxygens (including phenoxy) is 1. The lowest BCUT2D eigenvalue weighted by Crippen LogP contribution is -2.12. The Kier molecular flexibility index (Phi) is 3.72. The first-order valence-corrected chi connectivity index (χ1v) is 4.24. The molecule has 1 aromatic carbocycles. The van der Waals surface area contributed by atoms with Crippen LogP contribution in [0.15, 0.2) is 18.2 Å². The van der Waals surface area contributed by atoms with Crippen molar-refractivity contribution in [2.75, 3.05) is 0 Å². The van der Waals surface area contributed by atoms with Crippen LogP contribution in [0.3, 0.4) is 0 Å². The van der Waals surface area contributed by atoms with Crippen molar-refractivity contribution in [3.8, 4) is 5.75 Å². The molecule has 0 radical (unpaired) electrons. The first-order valence-electron chi connectivity index (χ1n) is 4.24. The van der Waals surface area contributed by atoms with Gasteiger partial charge in [-0.05, 0) is 18.2 Å². The largest absolute Gasteiger partial charge is 0.435 e. The van der Waals surface area contributed by atoms with Crippen molar-refractivity contribution in [1.29, 1.82) is 0 Å². The molecule has 0 atom stereocenters. The molecule has 0 aromatic heterocycles. The molecule has 0 N–H and O–H groups in total. The number of hydrogen-bond donors (Lipinski definition) is 0. The maximum atomic E-state index is 12.3. The summed E-state index contributed by atoms with van der Waals surface area (Å²) in [5, 5.41) is 0. The molecule has 9 heteroatoms. The first-order chi connectivity index (χ1) is 8.00. The van der Waals surface area contributed by atoms with Gasteiger partial charge in [0.15, 0.2) is 0 Å². The van der Waals surface area contributed by atoms with Gasteiger partial charge in [-0.15, -0.1) is 0 Å². The van der Waals surface area contributed by atoms with Gasteiger partial charge in [-0.25, -0.2) is 0 Å². The first kappa shape index (κ1) is 14.5. The van der Waals surface area contributed by atoms with Crippen LogP contribution in [0.4, 0.5) is 35.1 Å². The predicted octanol–water partition coefficient (Wildman–Crippen LogP) is 4.33. The standard InChI is InChI=1S/C9H4F8O/c10-7(11)18-6-2-4(8(12,13)14)1-5(3-6)9(15,16)17/h1-3,7H. The zero-order valence-corrected chi connectivity index (χ0v) is 8.24. The molecule has 0 fully saturated rings. The molecule has 0 aliphatic heterocycles. The van der Waals surface area contributed by atoms with Gasteiger partial charge in [0.1, 0.15) is 5.75 Å². The summed E-state index contributed by atoms with van der Waals surface area (Å²) < 4.78 is 101.